The lowest BCUT2D eigenvalue weighted by Gasteiger charge is -2.38. The molecule has 9 nitrogen and oxygen atoms in total. The van der Waals surface area contributed by atoms with Gasteiger partial charge in [0, 0.05) is 24.3 Å². The van der Waals surface area contributed by atoms with Crippen molar-refractivity contribution in [3.8, 4) is 0 Å². The van der Waals surface area contributed by atoms with E-state index in [4.69, 9.17) is 22.2 Å². The number of nitrogen functional groups attached to an aromatic ring is 1. The van der Waals surface area contributed by atoms with Crippen LogP contribution in [0.5, 0.6) is 0 Å². The number of likely N-dealkylation sites (tertiary alicyclic amines) is 1. The third-order valence-corrected chi connectivity index (χ3v) is 6.73. The fourth-order valence-electron chi connectivity index (χ4n) is 4.85. The summed E-state index contributed by atoms with van der Waals surface area (Å²) in [6.07, 6.45) is 3.92. The molecule has 0 atom stereocenters. The molecule has 172 valence electrons. The summed E-state index contributed by atoms with van der Waals surface area (Å²) in [5.41, 5.74) is 2.39. The largest absolute Gasteiger partial charge is 0.447 e. The van der Waals surface area contributed by atoms with Crippen LogP contribution in [0.2, 0.25) is 5.02 Å². The number of benzene rings is 1. The maximum atomic E-state index is 13.8. The summed E-state index contributed by atoms with van der Waals surface area (Å²) < 4.78 is 6.81. The van der Waals surface area contributed by atoms with E-state index in [1.165, 1.54) is 4.68 Å². The molecule has 0 aliphatic carbocycles. The molecule has 0 radical (unpaired) electrons. The Morgan fingerprint density at radius 2 is 2.03 bits per heavy atom. The number of ether oxygens (including phenoxy) is 1. The molecule has 4 heterocycles. The smallest absolute Gasteiger partial charge is 0.410 e. The number of carbonyl (C=O) groups is 2. The molecule has 1 fully saturated rings. The molecule has 1 aromatic carbocycles. The van der Waals surface area contributed by atoms with E-state index >= 15 is 0 Å². The Morgan fingerprint density at radius 1 is 1.27 bits per heavy atom. The Labute approximate surface area is 196 Å². The molecule has 0 bridgehead atoms. The summed E-state index contributed by atoms with van der Waals surface area (Å²) >= 11 is 6.11. The molecule has 10 heteroatoms. The number of nitrogens with zero attached hydrogens (tertiary/aromatic N) is 5. The van der Waals surface area contributed by atoms with Gasteiger partial charge in [-0.05, 0) is 56.5 Å². The number of pyridine rings is 1. The first-order chi connectivity index (χ1) is 15.8. The number of hydrogen-bond donors (Lipinski definition) is 1. The van der Waals surface area contributed by atoms with Gasteiger partial charge in [0.2, 0.25) is 5.91 Å². The molecule has 1 saturated heterocycles. The van der Waals surface area contributed by atoms with Gasteiger partial charge >= 0.3 is 6.09 Å². The van der Waals surface area contributed by atoms with Gasteiger partial charge in [0.15, 0.2) is 0 Å². The lowest BCUT2D eigenvalue weighted by molar-refractivity contribution is -0.125. The quantitative estimate of drug-likeness (QED) is 0.591. The molecule has 2 N–H and O–H groups in total. The van der Waals surface area contributed by atoms with Crippen LogP contribution in [-0.2, 0) is 21.5 Å². The average molecular weight is 469 g/mol. The zero-order valence-electron chi connectivity index (χ0n) is 18.5. The molecule has 5 rings (SSSR count). The molecule has 3 aromatic rings. The van der Waals surface area contributed by atoms with E-state index in [-0.39, 0.29) is 24.6 Å². The number of amides is 2. The predicted octanol–water partition coefficient (Wildman–Crippen LogP) is 3.22. The van der Waals surface area contributed by atoms with Crippen molar-refractivity contribution < 1.29 is 14.3 Å². The number of piperidine rings is 1. The first-order valence-electron chi connectivity index (χ1n) is 10.9. The third-order valence-electron chi connectivity index (χ3n) is 6.50. The molecule has 1 spiro atoms. The Bertz CT molecular complexity index is 1250. The van der Waals surface area contributed by atoms with Crippen molar-refractivity contribution >= 4 is 40.3 Å². The molecule has 2 amide bonds. The number of imidazole rings is 1. The minimum absolute atomic E-state index is 0.0209. The highest BCUT2D eigenvalue weighted by molar-refractivity contribution is 6.31. The second-order valence-electron chi connectivity index (χ2n) is 8.82. The number of carbonyl (C=O) groups excluding carboxylic acids is 2. The standard InChI is InChI=1S/C23H25ClN6O3/c1-14(2)33-22(32)28-9-6-23(7-10-28)16-5-8-26-12-19(16)29(21(23)31)13-20-27-17-4-3-15(24)11-18(17)30(20)25/h3-5,8,11-12,14H,6-7,9-10,13,25H2,1-2H3. The monoisotopic (exact) mass is 468 g/mol. The van der Waals surface area contributed by atoms with Crippen molar-refractivity contribution in [2.24, 2.45) is 0 Å². The fraction of sp³-hybridized carbons (Fsp3) is 0.391. The zero-order chi connectivity index (χ0) is 23.3. The minimum atomic E-state index is -0.707. The van der Waals surface area contributed by atoms with Crippen LogP contribution >= 0.6 is 11.6 Å². The van der Waals surface area contributed by atoms with Crippen molar-refractivity contribution in [1.29, 1.82) is 0 Å². The summed E-state index contributed by atoms with van der Waals surface area (Å²) in [7, 11) is 0. The second kappa shape index (κ2) is 7.91. The van der Waals surface area contributed by atoms with Gasteiger partial charge < -0.3 is 20.4 Å². The predicted molar refractivity (Wildman–Crippen MR) is 124 cm³/mol. The van der Waals surface area contributed by atoms with Gasteiger partial charge in [-0.2, -0.15) is 0 Å². The lowest BCUT2D eigenvalue weighted by Crippen LogP contribution is -2.50. The van der Waals surface area contributed by atoms with Crippen molar-refractivity contribution in [3.05, 3.63) is 53.1 Å². The number of nitrogens with two attached hydrogens (primary N) is 1. The van der Waals surface area contributed by atoms with E-state index < -0.39 is 5.41 Å². The van der Waals surface area contributed by atoms with Gasteiger partial charge in [0.05, 0.1) is 41.0 Å². The van der Waals surface area contributed by atoms with Crippen molar-refractivity contribution in [3.63, 3.8) is 0 Å². The van der Waals surface area contributed by atoms with Crippen molar-refractivity contribution in [1.82, 2.24) is 19.5 Å². The van der Waals surface area contributed by atoms with Crippen LogP contribution in [-0.4, -0.2) is 50.7 Å². The number of halogens is 1. The number of hydrogen-bond acceptors (Lipinski definition) is 6. The maximum absolute atomic E-state index is 13.8. The highest BCUT2D eigenvalue weighted by Crippen LogP contribution is 2.48. The van der Waals surface area contributed by atoms with Gasteiger partial charge in [-0.1, -0.05) is 11.6 Å². The Morgan fingerprint density at radius 3 is 2.76 bits per heavy atom. The summed E-state index contributed by atoms with van der Waals surface area (Å²) in [4.78, 5) is 38.5. The molecule has 2 aliphatic heterocycles. The van der Waals surface area contributed by atoms with Gasteiger partial charge in [-0.3, -0.25) is 9.78 Å². The van der Waals surface area contributed by atoms with E-state index in [9.17, 15) is 9.59 Å². The van der Waals surface area contributed by atoms with Gasteiger partial charge in [0.1, 0.15) is 5.82 Å². The highest BCUT2D eigenvalue weighted by Gasteiger charge is 2.53. The van der Waals surface area contributed by atoms with E-state index in [0.29, 0.717) is 47.8 Å². The van der Waals surface area contributed by atoms with Crippen LogP contribution in [0.3, 0.4) is 0 Å². The van der Waals surface area contributed by atoms with E-state index in [1.807, 2.05) is 19.9 Å². The van der Waals surface area contributed by atoms with Crippen LogP contribution in [0.1, 0.15) is 38.1 Å². The summed E-state index contributed by atoms with van der Waals surface area (Å²) in [5, 5.41) is 0.564. The highest BCUT2D eigenvalue weighted by atomic mass is 35.5. The Balaban J connectivity index is 1.44. The van der Waals surface area contributed by atoms with Crippen LogP contribution in [0, 0.1) is 0 Å². The minimum Gasteiger partial charge on any atom is -0.447 e. The molecule has 0 unspecified atom stereocenters. The van der Waals surface area contributed by atoms with Crippen molar-refractivity contribution in [2.45, 2.75) is 44.8 Å². The van der Waals surface area contributed by atoms with Crippen LogP contribution in [0.4, 0.5) is 10.5 Å². The zero-order valence-corrected chi connectivity index (χ0v) is 19.2. The number of anilines is 1. The third kappa shape index (κ3) is 3.47. The molecule has 2 aliphatic rings. The summed E-state index contributed by atoms with van der Waals surface area (Å²) in [6, 6.07) is 7.22. The number of rotatable bonds is 3. The second-order valence-corrected chi connectivity index (χ2v) is 9.25. The number of fused-ring (bicyclic) bond motifs is 3. The molecular weight excluding hydrogens is 444 g/mol. The van der Waals surface area contributed by atoms with Crippen molar-refractivity contribution in [2.75, 3.05) is 23.8 Å². The molecule has 2 aromatic heterocycles. The first kappa shape index (κ1) is 21.5. The van der Waals surface area contributed by atoms with Crippen LogP contribution < -0.4 is 10.7 Å². The first-order valence-corrected chi connectivity index (χ1v) is 11.3. The van der Waals surface area contributed by atoms with Crippen LogP contribution in [0.25, 0.3) is 11.0 Å². The van der Waals surface area contributed by atoms with Gasteiger partial charge in [0.25, 0.3) is 0 Å². The maximum Gasteiger partial charge on any atom is 0.410 e. The van der Waals surface area contributed by atoms with E-state index in [0.717, 1.165) is 11.3 Å². The topological polar surface area (TPSA) is 107 Å². The van der Waals surface area contributed by atoms with E-state index in [1.54, 1.807) is 40.4 Å². The Kier molecular flexibility index (Phi) is 5.16. The summed E-state index contributed by atoms with van der Waals surface area (Å²) in [6.45, 7) is 4.75. The number of aromatic nitrogens is 3. The SMILES string of the molecule is CC(C)OC(=O)N1CCC2(CC1)C(=O)N(Cc1nc3ccc(Cl)cc3n1N)c1cnccc12. The lowest BCUT2D eigenvalue weighted by atomic mass is 9.74. The van der Waals surface area contributed by atoms with E-state index in [2.05, 4.69) is 9.97 Å². The molecule has 0 saturated carbocycles. The fourth-order valence-corrected chi connectivity index (χ4v) is 5.01. The van der Waals surface area contributed by atoms with Crippen LogP contribution in [0.15, 0.2) is 36.7 Å². The summed E-state index contributed by atoms with van der Waals surface area (Å²) in [5.74, 6) is 6.82. The van der Waals surface area contributed by atoms with Gasteiger partial charge in [-0.25, -0.2) is 14.5 Å². The van der Waals surface area contributed by atoms with Gasteiger partial charge in [-0.15, -0.1) is 0 Å². The normalized spacial score (nSPS) is 17.3. The molecule has 33 heavy (non-hydrogen) atoms. The average Bonchev–Trinajstić information content (AvgIpc) is 3.22. The Hall–Kier alpha value is -3.33. The molecular formula is C23H25ClN6O3.